The third kappa shape index (κ3) is 1.20. The van der Waals surface area contributed by atoms with Crippen LogP contribution in [0.2, 0.25) is 0 Å². The number of nitrogens with two attached hydrogens (primary N) is 1. The molecule has 8 heavy (non-hydrogen) atoms. The Balaban J connectivity index is 2.37. The second-order valence-corrected chi connectivity index (χ2v) is 1.93. The summed E-state index contributed by atoms with van der Waals surface area (Å²) in [7, 11) is 0. The highest BCUT2D eigenvalue weighted by Crippen LogP contribution is 2.02. The van der Waals surface area contributed by atoms with Crippen molar-refractivity contribution in [3.63, 3.8) is 0 Å². The molecule has 0 unspecified atom stereocenters. The first-order chi connectivity index (χ1) is 3.93. The van der Waals surface area contributed by atoms with Crippen LogP contribution in [0.15, 0.2) is 4.99 Å². The van der Waals surface area contributed by atoms with E-state index in [-0.39, 0.29) is 0 Å². The van der Waals surface area contributed by atoms with Gasteiger partial charge in [0.25, 0.3) is 0 Å². The summed E-state index contributed by atoms with van der Waals surface area (Å²) in [5.74, 6) is 6.08. The van der Waals surface area contributed by atoms with Crippen molar-refractivity contribution in [3.8, 4) is 0 Å². The normalized spacial score (nSPS) is 19.9. The van der Waals surface area contributed by atoms with Gasteiger partial charge in [0.05, 0.1) is 0 Å². The predicted octanol–water partition coefficient (Wildman–Crippen LogP) is 0.0321. The lowest BCUT2D eigenvalue weighted by Gasteiger charge is -2.09. The number of amidine groups is 1. The first kappa shape index (κ1) is 5.56. The first-order valence-electron chi connectivity index (χ1n) is 2.93. The molecule has 0 amide bonds. The van der Waals surface area contributed by atoms with Crippen LogP contribution in [-0.2, 0) is 0 Å². The van der Waals surface area contributed by atoms with Crippen molar-refractivity contribution in [2.45, 2.75) is 19.3 Å². The molecule has 0 saturated carbocycles. The van der Waals surface area contributed by atoms with E-state index in [1.54, 1.807) is 0 Å². The third-order valence-corrected chi connectivity index (χ3v) is 1.29. The Kier molecular flexibility index (Phi) is 1.86. The Labute approximate surface area is 48.9 Å². The van der Waals surface area contributed by atoms with E-state index in [1.807, 2.05) is 0 Å². The predicted molar refractivity (Wildman–Crippen MR) is 33.5 cm³/mol. The largest absolute Gasteiger partial charge is 0.312 e. The van der Waals surface area contributed by atoms with Crippen molar-refractivity contribution in [2.75, 3.05) is 6.54 Å². The molecule has 0 bridgehead atoms. The zero-order valence-electron chi connectivity index (χ0n) is 4.85. The molecule has 0 saturated heterocycles. The standard InChI is InChI=1S/C5H11N3/c6-8-5-3-1-2-4-7-5/h1-4,6H2,(H,7,8). The molecule has 0 fully saturated rings. The van der Waals surface area contributed by atoms with Gasteiger partial charge in [-0.05, 0) is 12.8 Å². The monoisotopic (exact) mass is 113 g/mol. The van der Waals surface area contributed by atoms with Crippen LogP contribution < -0.4 is 11.3 Å². The van der Waals surface area contributed by atoms with Crippen molar-refractivity contribution >= 4 is 5.84 Å². The number of rotatable bonds is 0. The molecule has 0 spiro atoms. The topological polar surface area (TPSA) is 50.4 Å². The fourth-order valence-electron chi connectivity index (χ4n) is 0.815. The van der Waals surface area contributed by atoms with Crippen LogP contribution in [0.4, 0.5) is 0 Å². The number of hydrazine groups is 1. The molecule has 0 radical (unpaired) electrons. The number of hydrogen-bond acceptors (Lipinski definition) is 3. The summed E-state index contributed by atoms with van der Waals surface area (Å²) in [5, 5.41) is 0. The molecule has 0 atom stereocenters. The average molecular weight is 113 g/mol. The molecule has 0 aromatic heterocycles. The maximum Gasteiger partial charge on any atom is 0.110 e. The van der Waals surface area contributed by atoms with Crippen molar-refractivity contribution < 1.29 is 0 Å². The van der Waals surface area contributed by atoms with Gasteiger partial charge < -0.3 is 5.43 Å². The lowest BCUT2D eigenvalue weighted by molar-refractivity contribution is 0.713. The minimum absolute atomic E-state index is 0.944. The van der Waals surface area contributed by atoms with Crippen molar-refractivity contribution in [1.29, 1.82) is 0 Å². The van der Waals surface area contributed by atoms with Crippen LogP contribution in [-0.4, -0.2) is 12.4 Å². The van der Waals surface area contributed by atoms with E-state index in [1.165, 1.54) is 12.8 Å². The van der Waals surface area contributed by atoms with E-state index in [2.05, 4.69) is 10.4 Å². The highest BCUT2D eigenvalue weighted by Gasteiger charge is 2.00. The quantitative estimate of drug-likeness (QED) is 0.344. The van der Waals surface area contributed by atoms with Gasteiger partial charge in [0.15, 0.2) is 0 Å². The summed E-state index contributed by atoms with van der Waals surface area (Å²) in [6.07, 6.45) is 3.46. The van der Waals surface area contributed by atoms with Gasteiger partial charge in [0.1, 0.15) is 5.84 Å². The van der Waals surface area contributed by atoms with Crippen LogP contribution in [0.1, 0.15) is 19.3 Å². The summed E-state index contributed by atoms with van der Waals surface area (Å²) in [5.41, 5.74) is 2.55. The van der Waals surface area contributed by atoms with Crippen LogP contribution in [0.3, 0.4) is 0 Å². The van der Waals surface area contributed by atoms with E-state index in [9.17, 15) is 0 Å². The molecule has 1 aliphatic heterocycles. The zero-order chi connectivity index (χ0) is 5.82. The maximum absolute atomic E-state index is 5.12. The Morgan fingerprint density at radius 3 is 2.75 bits per heavy atom. The Hall–Kier alpha value is -0.570. The number of hydrogen-bond donors (Lipinski definition) is 2. The molecule has 46 valence electrons. The van der Waals surface area contributed by atoms with Gasteiger partial charge in [-0.15, -0.1) is 0 Å². The Bertz CT molecular complexity index is 97.8. The van der Waals surface area contributed by atoms with E-state index >= 15 is 0 Å². The summed E-state index contributed by atoms with van der Waals surface area (Å²) < 4.78 is 0. The van der Waals surface area contributed by atoms with Gasteiger partial charge in [-0.3, -0.25) is 4.99 Å². The third-order valence-electron chi connectivity index (χ3n) is 1.29. The first-order valence-corrected chi connectivity index (χ1v) is 2.93. The average Bonchev–Trinajstić information content (AvgIpc) is 1.90. The summed E-state index contributed by atoms with van der Waals surface area (Å²) in [6.45, 7) is 0.944. The van der Waals surface area contributed by atoms with Crippen molar-refractivity contribution in [3.05, 3.63) is 0 Å². The number of nitrogens with one attached hydrogen (secondary N) is 1. The van der Waals surface area contributed by atoms with Gasteiger partial charge >= 0.3 is 0 Å². The van der Waals surface area contributed by atoms with E-state index in [0.717, 1.165) is 18.8 Å². The zero-order valence-corrected chi connectivity index (χ0v) is 4.85. The van der Waals surface area contributed by atoms with E-state index in [0.29, 0.717) is 0 Å². The number of aliphatic imine (C=N–C) groups is 1. The van der Waals surface area contributed by atoms with Crippen LogP contribution in [0, 0.1) is 0 Å². The minimum Gasteiger partial charge on any atom is -0.312 e. The fraction of sp³-hybridized carbons (Fsp3) is 0.800. The maximum atomic E-state index is 5.12. The molecule has 3 nitrogen and oxygen atoms in total. The lowest BCUT2D eigenvalue weighted by Crippen LogP contribution is -2.31. The molecule has 0 aromatic carbocycles. The Morgan fingerprint density at radius 1 is 1.50 bits per heavy atom. The molecule has 3 heteroatoms. The SMILES string of the molecule is NNC1=NCCCC1. The molecule has 1 rings (SSSR count). The van der Waals surface area contributed by atoms with Crippen LogP contribution >= 0.6 is 0 Å². The molecule has 1 heterocycles. The Morgan fingerprint density at radius 2 is 2.38 bits per heavy atom. The molecular weight excluding hydrogens is 102 g/mol. The highest BCUT2D eigenvalue weighted by molar-refractivity contribution is 5.81. The fourth-order valence-corrected chi connectivity index (χ4v) is 0.815. The van der Waals surface area contributed by atoms with Gasteiger partial charge in [0, 0.05) is 13.0 Å². The summed E-state index contributed by atoms with van der Waals surface area (Å²) in [6, 6.07) is 0. The summed E-state index contributed by atoms with van der Waals surface area (Å²) >= 11 is 0. The van der Waals surface area contributed by atoms with Gasteiger partial charge in [-0.1, -0.05) is 0 Å². The molecule has 0 aromatic rings. The second-order valence-electron chi connectivity index (χ2n) is 1.93. The van der Waals surface area contributed by atoms with Crippen LogP contribution in [0.5, 0.6) is 0 Å². The second kappa shape index (κ2) is 2.67. The van der Waals surface area contributed by atoms with Gasteiger partial charge in [-0.2, -0.15) is 0 Å². The van der Waals surface area contributed by atoms with Crippen molar-refractivity contribution in [2.24, 2.45) is 10.8 Å². The van der Waals surface area contributed by atoms with Gasteiger partial charge in [-0.25, -0.2) is 5.84 Å². The van der Waals surface area contributed by atoms with Crippen LogP contribution in [0.25, 0.3) is 0 Å². The van der Waals surface area contributed by atoms with Gasteiger partial charge in [0.2, 0.25) is 0 Å². The molecule has 1 aliphatic rings. The molecule has 0 aliphatic carbocycles. The molecular formula is C5H11N3. The minimum atomic E-state index is 0.944. The highest BCUT2D eigenvalue weighted by atomic mass is 15.2. The number of nitrogens with zero attached hydrogens (tertiary/aromatic N) is 1. The van der Waals surface area contributed by atoms with Crippen molar-refractivity contribution in [1.82, 2.24) is 5.43 Å². The smallest absolute Gasteiger partial charge is 0.110 e. The van der Waals surface area contributed by atoms with E-state index in [4.69, 9.17) is 5.84 Å². The van der Waals surface area contributed by atoms with E-state index < -0.39 is 0 Å². The molecule has 3 N–H and O–H groups in total. The lowest BCUT2D eigenvalue weighted by atomic mass is 10.2. The summed E-state index contributed by atoms with van der Waals surface area (Å²) in [4.78, 5) is 4.13.